The van der Waals surface area contributed by atoms with Crippen molar-refractivity contribution in [1.82, 2.24) is 4.57 Å². The van der Waals surface area contributed by atoms with Gasteiger partial charge in [0.1, 0.15) is 6.07 Å². The van der Waals surface area contributed by atoms with Crippen LogP contribution in [0.2, 0.25) is 5.02 Å². The van der Waals surface area contributed by atoms with E-state index in [0.717, 1.165) is 28.7 Å². The van der Waals surface area contributed by atoms with Crippen molar-refractivity contribution in [3.8, 4) is 17.3 Å². The first-order valence-corrected chi connectivity index (χ1v) is 6.92. The predicted octanol–water partition coefficient (Wildman–Crippen LogP) is 4.85. The molecule has 2 aromatic carbocycles. The van der Waals surface area contributed by atoms with Crippen molar-refractivity contribution in [3.05, 3.63) is 59.1 Å². The molecule has 0 saturated heterocycles. The number of para-hydroxylation sites is 1. The molecule has 0 spiro atoms. The summed E-state index contributed by atoms with van der Waals surface area (Å²) < 4.78 is 2.15. The highest BCUT2D eigenvalue weighted by Crippen LogP contribution is 2.36. The van der Waals surface area contributed by atoms with E-state index in [1.807, 2.05) is 48.5 Å². The topological polar surface area (TPSA) is 28.7 Å². The highest BCUT2D eigenvalue weighted by atomic mass is 35.5. The molecule has 1 aromatic heterocycles. The van der Waals surface area contributed by atoms with Gasteiger partial charge in [-0.2, -0.15) is 5.26 Å². The van der Waals surface area contributed by atoms with Gasteiger partial charge in [-0.3, -0.25) is 0 Å². The molecule has 0 fully saturated rings. The van der Waals surface area contributed by atoms with Crippen LogP contribution < -0.4 is 0 Å². The first-order chi connectivity index (χ1) is 9.77. The average Bonchev–Trinajstić information content (AvgIpc) is 2.81. The lowest BCUT2D eigenvalue weighted by atomic mass is 10.1. The van der Waals surface area contributed by atoms with Gasteiger partial charge in [0, 0.05) is 28.0 Å². The molecule has 0 radical (unpaired) electrons. The van der Waals surface area contributed by atoms with E-state index in [-0.39, 0.29) is 0 Å². The number of aromatic nitrogens is 1. The van der Waals surface area contributed by atoms with Crippen molar-refractivity contribution in [2.45, 2.75) is 13.5 Å². The third-order valence-corrected chi connectivity index (χ3v) is 3.86. The minimum Gasteiger partial charge on any atom is -0.340 e. The second-order valence-electron chi connectivity index (χ2n) is 4.58. The van der Waals surface area contributed by atoms with Gasteiger partial charge >= 0.3 is 0 Å². The zero-order valence-corrected chi connectivity index (χ0v) is 11.9. The van der Waals surface area contributed by atoms with E-state index in [1.54, 1.807) is 0 Å². The average molecular weight is 281 g/mol. The van der Waals surface area contributed by atoms with Gasteiger partial charge in [0.2, 0.25) is 0 Å². The number of aryl methyl sites for hydroxylation is 1. The van der Waals surface area contributed by atoms with Gasteiger partial charge in [-0.15, -0.1) is 0 Å². The molecule has 0 N–H and O–H groups in total. The lowest BCUT2D eigenvalue weighted by molar-refractivity contribution is 0.804. The van der Waals surface area contributed by atoms with Crippen molar-refractivity contribution < 1.29 is 0 Å². The van der Waals surface area contributed by atoms with Gasteiger partial charge in [0.15, 0.2) is 0 Å². The highest BCUT2D eigenvalue weighted by molar-refractivity contribution is 6.33. The van der Waals surface area contributed by atoms with Crippen molar-refractivity contribution in [2.24, 2.45) is 0 Å². The number of nitriles is 1. The van der Waals surface area contributed by atoms with Crippen LogP contribution in [-0.4, -0.2) is 4.57 Å². The third-order valence-electron chi connectivity index (χ3n) is 3.53. The van der Waals surface area contributed by atoms with Crippen LogP contribution in [0.25, 0.3) is 22.2 Å². The van der Waals surface area contributed by atoms with Gasteiger partial charge in [0.05, 0.1) is 11.3 Å². The minimum absolute atomic E-state index is 0.668. The molecule has 0 amide bonds. The molecule has 0 aliphatic heterocycles. The molecule has 0 bridgehead atoms. The fourth-order valence-corrected chi connectivity index (χ4v) is 2.90. The highest BCUT2D eigenvalue weighted by Gasteiger charge is 2.18. The normalized spacial score (nSPS) is 10.7. The Morgan fingerprint density at radius 2 is 1.80 bits per heavy atom. The van der Waals surface area contributed by atoms with Gasteiger partial charge in [-0.25, -0.2) is 0 Å². The zero-order valence-electron chi connectivity index (χ0n) is 11.1. The third kappa shape index (κ3) is 1.79. The summed E-state index contributed by atoms with van der Waals surface area (Å²) in [4.78, 5) is 0. The van der Waals surface area contributed by atoms with Crippen LogP contribution in [0.1, 0.15) is 12.5 Å². The van der Waals surface area contributed by atoms with Crippen LogP contribution in [-0.2, 0) is 6.54 Å². The van der Waals surface area contributed by atoms with Crippen LogP contribution in [0.4, 0.5) is 0 Å². The Hall–Kier alpha value is -2.24. The summed E-state index contributed by atoms with van der Waals surface area (Å²) >= 11 is 6.32. The summed E-state index contributed by atoms with van der Waals surface area (Å²) in [5.41, 5.74) is 3.57. The van der Waals surface area contributed by atoms with Crippen molar-refractivity contribution in [2.75, 3.05) is 0 Å². The first-order valence-electron chi connectivity index (χ1n) is 6.54. The lowest BCUT2D eigenvalue weighted by Crippen LogP contribution is -1.97. The van der Waals surface area contributed by atoms with Gasteiger partial charge in [0.25, 0.3) is 0 Å². The van der Waals surface area contributed by atoms with Gasteiger partial charge in [-0.05, 0) is 19.1 Å². The maximum Gasteiger partial charge on any atom is 0.102 e. The number of hydrogen-bond donors (Lipinski definition) is 0. The van der Waals surface area contributed by atoms with Crippen molar-refractivity contribution >= 4 is 22.5 Å². The maximum absolute atomic E-state index is 9.57. The van der Waals surface area contributed by atoms with E-state index in [4.69, 9.17) is 11.6 Å². The molecule has 3 heteroatoms. The van der Waals surface area contributed by atoms with Gasteiger partial charge in [-0.1, -0.05) is 48.0 Å². The molecule has 98 valence electrons. The maximum atomic E-state index is 9.57. The van der Waals surface area contributed by atoms with E-state index in [9.17, 15) is 5.26 Å². The second-order valence-corrected chi connectivity index (χ2v) is 4.98. The fraction of sp³-hybridized carbons (Fsp3) is 0.118. The smallest absolute Gasteiger partial charge is 0.102 e. The fourth-order valence-electron chi connectivity index (χ4n) is 2.68. The molecule has 0 aliphatic rings. The number of nitrogens with zero attached hydrogens (tertiary/aromatic N) is 2. The standard InChI is InChI=1S/C17H13ClN2/c1-2-20-16-10-6-4-7-12(16)14(11-19)17(20)13-8-3-5-9-15(13)18/h3-10H,2H2,1H3. The monoisotopic (exact) mass is 280 g/mol. The largest absolute Gasteiger partial charge is 0.340 e. The van der Waals surface area contributed by atoms with Gasteiger partial charge < -0.3 is 4.57 Å². The van der Waals surface area contributed by atoms with Crippen molar-refractivity contribution in [1.29, 1.82) is 5.26 Å². The Labute approximate surface area is 122 Å². The Kier molecular flexibility index (Phi) is 3.22. The molecule has 1 heterocycles. The summed E-state index contributed by atoms with van der Waals surface area (Å²) in [7, 11) is 0. The summed E-state index contributed by atoms with van der Waals surface area (Å²) in [5, 5.41) is 11.2. The molecular weight excluding hydrogens is 268 g/mol. The number of hydrogen-bond acceptors (Lipinski definition) is 1. The van der Waals surface area contributed by atoms with Crippen LogP contribution in [0.15, 0.2) is 48.5 Å². The number of benzene rings is 2. The van der Waals surface area contributed by atoms with E-state index in [2.05, 4.69) is 17.6 Å². The number of rotatable bonds is 2. The Morgan fingerprint density at radius 3 is 2.50 bits per heavy atom. The summed E-state index contributed by atoms with van der Waals surface area (Å²) in [6.07, 6.45) is 0. The second kappa shape index (κ2) is 5.03. The summed E-state index contributed by atoms with van der Waals surface area (Å²) in [6, 6.07) is 18.0. The quantitative estimate of drug-likeness (QED) is 0.659. The van der Waals surface area contributed by atoms with Crippen LogP contribution >= 0.6 is 11.6 Å². The van der Waals surface area contributed by atoms with Crippen molar-refractivity contribution in [3.63, 3.8) is 0 Å². The Balaban J connectivity index is 2.47. The Morgan fingerprint density at radius 1 is 1.10 bits per heavy atom. The number of fused-ring (bicyclic) bond motifs is 1. The van der Waals surface area contributed by atoms with Crippen LogP contribution in [0, 0.1) is 11.3 Å². The summed E-state index contributed by atoms with van der Waals surface area (Å²) in [5.74, 6) is 0. The molecule has 20 heavy (non-hydrogen) atoms. The minimum atomic E-state index is 0.668. The van der Waals surface area contributed by atoms with Crippen LogP contribution in [0.3, 0.4) is 0 Å². The first kappa shape index (κ1) is 12.8. The predicted molar refractivity (Wildman–Crippen MR) is 82.8 cm³/mol. The molecule has 0 saturated carbocycles. The molecule has 3 rings (SSSR count). The molecule has 2 nitrogen and oxygen atoms in total. The molecule has 0 unspecified atom stereocenters. The molecule has 3 aromatic rings. The lowest BCUT2D eigenvalue weighted by Gasteiger charge is -2.10. The number of halogens is 1. The molecule has 0 aliphatic carbocycles. The molecule has 0 atom stereocenters. The summed E-state index contributed by atoms with van der Waals surface area (Å²) in [6.45, 7) is 2.87. The Bertz CT molecular complexity index is 825. The van der Waals surface area contributed by atoms with E-state index in [1.165, 1.54) is 0 Å². The van der Waals surface area contributed by atoms with E-state index in [0.29, 0.717) is 10.6 Å². The zero-order chi connectivity index (χ0) is 14.1. The van der Waals surface area contributed by atoms with Crippen LogP contribution in [0.5, 0.6) is 0 Å². The molecular formula is C17H13ClN2. The van der Waals surface area contributed by atoms with E-state index >= 15 is 0 Å². The van der Waals surface area contributed by atoms with E-state index < -0.39 is 0 Å². The SMILES string of the molecule is CCn1c(-c2ccccc2Cl)c(C#N)c2ccccc21.